The fraction of sp³-hybridized carbons (Fsp3) is 0.421. The number of ether oxygens (including phenoxy) is 1. The molecule has 1 N–H and O–H groups in total. The number of amides is 2. The Morgan fingerprint density at radius 2 is 1.84 bits per heavy atom. The van der Waals surface area contributed by atoms with Crippen molar-refractivity contribution in [1.82, 2.24) is 34.9 Å². The van der Waals surface area contributed by atoms with E-state index >= 15 is 0 Å². The number of aromatic nitrogens is 5. The van der Waals surface area contributed by atoms with Gasteiger partial charge in [0, 0.05) is 53.7 Å². The third-order valence-corrected chi connectivity index (χ3v) is 10.9. The van der Waals surface area contributed by atoms with Gasteiger partial charge in [-0.1, -0.05) is 38.1 Å². The van der Waals surface area contributed by atoms with E-state index in [9.17, 15) is 19.2 Å². The van der Waals surface area contributed by atoms with Crippen LogP contribution in [0.15, 0.2) is 59.5 Å². The second-order valence-electron chi connectivity index (χ2n) is 14.6. The highest BCUT2D eigenvalue weighted by Gasteiger charge is 2.67. The molecule has 2 amide bonds. The van der Waals surface area contributed by atoms with Gasteiger partial charge >= 0.3 is 0 Å². The molecule has 1 saturated carbocycles. The highest BCUT2D eigenvalue weighted by atomic mass is 79.9. The molecule has 12 nitrogen and oxygen atoms in total. The third kappa shape index (κ3) is 6.88. The van der Waals surface area contributed by atoms with Gasteiger partial charge in [0.1, 0.15) is 22.7 Å². The van der Waals surface area contributed by atoms with E-state index in [4.69, 9.17) is 4.74 Å². The van der Waals surface area contributed by atoms with E-state index in [1.165, 1.54) is 6.92 Å². The summed E-state index contributed by atoms with van der Waals surface area (Å²) in [6, 6.07) is 8.39. The van der Waals surface area contributed by atoms with Crippen molar-refractivity contribution < 1.29 is 23.9 Å². The van der Waals surface area contributed by atoms with E-state index in [1.807, 2.05) is 63.3 Å². The molecule has 264 valence electrons. The summed E-state index contributed by atoms with van der Waals surface area (Å²) < 4.78 is 8.05. The van der Waals surface area contributed by atoms with Crippen molar-refractivity contribution in [3.05, 3.63) is 82.3 Å². The summed E-state index contributed by atoms with van der Waals surface area (Å²) in [6.07, 6.45) is 9.00. The molecule has 0 unspecified atom stereocenters. The Balaban J connectivity index is 1.21. The number of pyridine rings is 1. The lowest BCUT2D eigenvalue weighted by Crippen LogP contribution is -2.45. The summed E-state index contributed by atoms with van der Waals surface area (Å²) >= 11 is 3.45. The number of carbonyl (C=O) groups is 4. The maximum Gasteiger partial charge on any atom is 0.245 e. The van der Waals surface area contributed by atoms with Gasteiger partial charge in [0.05, 0.1) is 36.9 Å². The lowest BCUT2D eigenvalue weighted by atomic mass is 9.87. The molecule has 2 fully saturated rings. The van der Waals surface area contributed by atoms with Gasteiger partial charge in [0.25, 0.3) is 0 Å². The highest BCUT2D eigenvalue weighted by molar-refractivity contribution is 9.10. The summed E-state index contributed by atoms with van der Waals surface area (Å²) in [5, 5.41) is 8.37. The van der Waals surface area contributed by atoms with Crippen LogP contribution in [0.2, 0.25) is 0 Å². The zero-order valence-electron chi connectivity index (χ0n) is 29.1. The normalized spacial score (nSPS) is 23.4. The largest absolute Gasteiger partial charge is 0.373 e. The number of likely N-dealkylation sites (tertiary alicyclic amines) is 1. The molecule has 13 heteroatoms. The van der Waals surface area contributed by atoms with Crippen LogP contribution < -0.4 is 5.32 Å². The molecule has 2 bridgehead atoms. The predicted octanol–water partition coefficient (Wildman–Crippen LogP) is 4.95. The van der Waals surface area contributed by atoms with Gasteiger partial charge < -0.3 is 15.0 Å². The SMILES string of the molecule is CC(=O)c1nn(CC(=O)N2[C@H]3C[C@@]4(CNC(=O)C(C)(C)CC=CCOCc5ccc(Br)nc5CC3=O)C[C@@H]24)c2ccc(-c3cnc(C)nc3)cc12. The minimum absolute atomic E-state index is 0.0231. The van der Waals surface area contributed by atoms with Crippen molar-refractivity contribution in [3.8, 4) is 11.1 Å². The van der Waals surface area contributed by atoms with Gasteiger partial charge in [0.2, 0.25) is 11.8 Å². The maximum absolute atomic E-state index is 14.4. The van der Waals surface area contributed by atoms with Crippen molar-refractivity contribution in [3.63, 3.8) is 0 Å². The van der Waals surface area contributed by atoms with Crippen LogP contribution in [0.4, 0.5) is 0 Å². The second kappa shape index (κ2) is 13.5. The highest BCUT2D eigenvalue weighted by Crippen LogP contribution is 2.59. The van der Waals surface area contributed by atoms with Crippen LogP contribution in [0.25, 0.3) is 22.0 Å². The topological polar surface area (TPSA) is 149 Å². The molecule has 3 aromatic heterocycles. The lowest BCUT2D eigenvalue weighted by Gasteiger charge is -2.27. The Hall–Kier alpha value is -4.62. The molecule has 2 aliphatic heterocycles. The first-order valence-electron chi connectivity index (χ1n) is 17.1. The number of halogens is 1. The number of carbonyl (C=O) groups excluding carboxylic acids is 4. The van der Waals surface area contributed by atoms with Gasteiger partial charge in [-0.3, -0.25) is 23.9 Å². The Labute approximate surface area is 304 Å². The van der Waals surface area contributed by atoms with Crippen molar-refractivity contribution >= 4 is 50.2 Å². The standard InChI is InChI=1S/C38H40BrN7O5/c1-22(47)35-27-13-24(26-17-40-23(2)41-18-26)7-9-29(27)45(44-35)19-34(49)46-30-15-38(16-32(38)46)21-42-36(50)37(3,4)11-5-6-12-51-20-25-8-10-33(39)43-28(25)14-31(30)48/h5-10,13,17-18,30,32H,11-12,14-16,19-21H2,1-4H3,(H,42,50)/t30-,32+,38-/m0/s1. The van der Waals surface area contributed by atoms with Crippen LogP contribution >= 0.6 is 15.9 Å². The zero-order chi connectivity index (χ0) is 36.1. The lowest BCUT2D eigenvalue weighted by molar-refractivity contribution is -0.139. The van der Waals surface area contributed by atoms with E-state index < -0.39 is 16.9 Å². The van der Waals surface area contributed by atoms with Crippen molar-refractivity contribution in [1.29, 1.82) is 0 Å². The quantitative estimate of drug-likeness (QED) is 0.174. The zero-order valence-corrected chi connectivity index (χ0v) is 30.7. The minimum atomic E-state index is -0.713. The van der Waals surface area contributed by atoms with Crippen molar-refractivity contribution in [2.24, 2.45) is 10.8 Å². The summed E-state index contributed by atoms with van der Waals surface area (Å²) in [5.41, 5.74) is 2.83. The molecular weight excluding hydrogens is 714 g/mol. The Morgan fingerprint density at radius 1 is 1.06 bits per heavy atom. The van der Waals surface area contributed by atoms with Crippen LogP contribution in [-0.2, 0) is 38.7 Å². The smallest absolute Gasteiger partial charge is 0.245 e. The first-order chi connectivity index (χ1) is 24.3. The fourth-order valence-electron chi connectivity index (χ4n) is 7.35. The molecule has 51 heavy (non-hydrogen) atoms. The number of hydrogen-bond acceptors (Lipinski definition) is 9. The van der Waals surface area contributed by atoms with Gasteiger partial charge in [-0.2, -0.15) is 5.10 Å². The minimum Gasteiger partial charge on any atom is -0.373 e. The number of aryl methyl sites for hydroxylation is 1. The second-order valence-corrected chi connectivity index (χ2v) is 15.4. The molecule has 1 spiro atoms. The van der Waals surface area contributed by atoms with E-state index in [0.717, 1.165) is 16.7 Å². The van der Waals surface area contributed by atoms with E-state index in [2.05, 4.69) is 41.3 Å². The molecule has 0 radical (unpaired) electrons. The van der Waals surface area contributed by atoms with Gasteiger partial charge in [-0.05, 0) is 71.4 Å². The predicted molar refractivity (Wildman–Crippen MR) is 192 cm³/mol. The summed E-state index contributed by atoms with van der Waals surface area (Å²) in [4.78, 5) is 69.7. The number of piperidine rings is 1. The molecular formula is C38H40BrN7O5. The number of Topliss-reactive ketones (excluding diaryl/α,β-unsaturated/α-hetero) is 2. The van der Waals surface area contributed by atoms with Crippen LogP contribution in [0, 0.1) is 17.8 Å². The first kappa shape index (κ1) is 34.8. The molecule has 5 heterocycles. The average molecular weight is 755 g/mol. The summed E-state index contributed by atoms with van der Waals surface area (Å²) in [6.45, 7) is 7.90. The number of fused-ring (bicyclic) bond motifs is 3. The number of nitrogens with zero attached hydrogens (tertiary/aromatic N) is 6. The number of nitrogens with one attached hydrogen (secondary N) is 1. The monoisotopic (exact) mass is 753 g/mol. The fourth-order valence-corrected chi connectivity index (χ4v) is 7.70. The average Bonchev–Trinajstić information content (AvgIpc) is 3.51. The molecule has 4 aromatic rings. The number of allylic oxidation sites excluding steroid dienone is 1. The van der Waals surface area contributed by atoms with E-state index in [1.54, 1.807) is 22.0 Å². The van der Waals surface area contributed by atoms with Gasteiger partial charge in [-0.25, -0.2) is 15.0 Å². The molecule has 1 aromatic carbocycles. The van der Waals surface area contributed by atoms with Crippen LogP contribution in [0.3, 0.4) is 0 Å². The number of hydrogen-bond donors (Lipinski definition) is 1. The maximum atomic E-state index is 14.4. The molecule has 3 aliphatic rings. The van der Waals surface area contributed by atoms with Gasteiger partial charge in [0.15, 0.2) is 11.6 Å². The number of ketones is 2. The van der Waals surface area contributed by atoms with Crippen LogP contribution in [0.1, 0.15) is 67.6 Å². The van der Waals surface area contributed by atoms with Crippen molar-refractivity contribution in [2.45, 2.75) is 78.6 Å². The number of benzene rings is 1. The molecule has 3 atom stereocenters. The van der Waals surface area contributed by atoms with Crippen molar-refractivity contribution in [2.75, 3.05) is 13.2 Å². The van der Waals surface area contributed by atoms with Crippen LogP contribution in [0.5, 0.6) is 0 Å². The van der Waals surface area contributed by atoms with E-state index in [0.29, 0.717) is 59.4 Å². The van der Waals surface area contributed by atoms with E-state index in [-0.39, 0.29) is 54.7 Å². The Bertz CT molecular complexity index is 2090. The molecule has 1 aliphatic carbocycles. The van der Waals surface area contributed by atoms with Crippen LogP contribution in [-0.4, -0.2) is 78.2 Å². The molecule has 1 saturated heterocycles. The van der Waals surface area contributed by atoms with Gasteiger partial charge in [-0.15, -0.1) is 0 Å². The molecule has 7 rings (SSSR count). The Morgan fingerprint density at radius 3 is 2.61 bits per heavy atom. The third-order valence-electron chi connectivity index (χ3n) is 10.4. The summed E-state index contributed by atoms with van der Waals surface area (Å²) in [7, 11) is 0. The first-order valence-corrected chi connectivity index (χ1v) is 17.9. The summed E-state index contributed by atoms with van der Waals surface area (Å²) in [5.74, 6) is -0.0560. The Kier molecular flexibility index (Phi) is 9.21. The number of rotatable bonds is 4.